The molecule has 0 aromatic carbocycles. The number of carbonyl (C=O) groups is 1. The summed E-state index contributed by atoms with van der Waals surface area (Å²) in [6.07, 6.45) is 3.82. The Balaban J connectivity index is 2.26. The minimum absolute atomic E-state index is 0.0300. The predicted octanol–water partition coefficient (Wildman–Crippen LogP) is 2.35. The number of rotatable bonds is 7. The Hall–Kier alpha value is -2.42. The van der Waals surface area contributed by atoms with E-state index >= 15 is 0 Å². The first-order chi connectivity index (χ1) is 14.6. The molecule has 3 rings (SSSR count). The number of aliphatic hydroxyl groups is 1. The monoisotopic (exact) mass is 434 g/mol. The van der Waals surface area contributed by atoms with Crippen LogP contribution in [0.1, 0.15) is 78.5 Å². The highest BCUT2D eigenvalue weighted by Gasteiger charge is 2.29. The minimum atomic E-state index is -0.785. The molecular formula is C22H34N4O5. The first-order valence-electron chi connectivity index (χ1n) is 11.1. The summed E-state index contributed by atoms with van der Waals surface area (Å²) in [5, 5.41) is 9.98. The average molecular weight is 435 g/mol. The van der Waals surface area contributed by atoms with Crippen molar-refractivity contribution in [2.24, 2.45) is 5.41 Å². The number of carbonyl (C=O) groups excluding carboxylic acids is 1. The van der Waals surface area contributed by atoms with E-state index < -0.39 is 22.8 Å². The van der Waals surface area contributed by atoms with Crippen LogP contribution in [-0.2, 0) is 29.4 Å². The number of hydrogen-bond donors (Lipinski definition) is 1. The molecule has 1 aliphatic carbocycles. The van der Waals surface area contributed by atoms with Crippen molar-refractivity contribution in [2.45, 2.75) is 98.6 Å². The van der Waals surface area contributed by atoms with Crippen molar-refractivity contribution >= 4 is 17.1 Å². The third-order valence-corrected chi connectivity index (χ3v) is 5.70. The fourth-order valence-corrected chi connectivity index (χ4v) is 4.12. The lowest BCUT2D eigenvalue weighted by Gasteiger charge is -2.19. The van der Waals surface area contributed by atoms with Gasteiger partial charge in [-0.25, -0.2) is 9.78 Å². The zero-order chi connectivity index (χ0) is 22.9. The lowest BCUT2D eigenvalue weighted by atomic mass is 9.98. The molecule has 9 nitrogen and oxygen atoms in total. The van der Waals surface area contributed by atoms with Crippen LogP contribution in [-0.4, -0.2) is 35.9 Å². The zero-order valence-electron chi connectivity index (χ0n) is 19.2. The van der Waals surface area contributed by atoms with Gasteiger partial charge in [-0.2, -0.15) is 0 Å². The second-order valence-corrected chi connectivity index (χ2v) is 9.56. The number of esters is 1. The summed E-state index contributed by atoms with van der Waals surface area (Å²) in [6.45, 7) is 8.96. The molecule has 0 aliphatic heterocycles. The van der Waals surface area contributed by atoms with E-state index in [1.165, 1.54) is 9.13 Å². The van der Waals surface area contributed by atoms with Crippen LogP contribution in [0.15, 0.2) is 9.59 Å². The Morgan fingerprint density at radius 2 is 1.84 bits per heavy atom. The Kier molecular flexibility index (Phi) is 6.73. The second kappa shape index (κ2) is 8.98. The third-order valence-electron chi connectivity index (χ3n) is 5.70. The molecule has 9 heteroatoms. The van der Waals surface area contributed by atoms with Gasteiger partial charge in [-0.1, -0.05) is 19.8 Å². The lowest BCUT2D eigenvalue weighted by molar-refractivity contribution is -0.156. The van der Waals surface area contributed by atoms with E-state index in [1.807, 2.05) is 6.92 Å². The molecule has 1 unspecified atom stereocenters. The Morgan fingerprint density at radius 1 is 1.19 bits per heavy atom. The molecule has 1 N–H and O–H groups in total. The fourth-order valence-electron chi connectivity index (χ4n) is 4.12. The van der Waals surface area contributed by atoms with Crippen molar-refractivity contribution in [1.82, 2.24) is 18.7 Å². The van der Waals surface area contributed by atoms with Crippen molar-refractivity contribution in [3.05, 3.63) is 26.7 Å². The summed E-state index contributed by atoms with van der Waals surface area (Å²) in [7, 11) is 0. The average Bonchev–Trinajstić information content (AvgIpc) is 3.33. The Morgan fingerprint density at radius 3 is 2.39 bits per heavy atom. The van der Waals surface area contributed by atoms with Crippen molar-refractivity contribution in [3.63, 3.8) is 0 Å². The molecular weight excluding hydrogens is 400 g/mol. The summed E-state index contributed by atoms with van der Waals surface area (Å²) in [6, 6.07) is 0. The third kappa shape index (κ3) is 4.61. The number of hydrogen-bond acceptors (Lipinski definition) is 6. The maximum Gasteiger partial charge on any atom is 0.332 e. The molecule has 1 saturated carbocycles. The predicted molar refractivity (Wildman–Crippen MR) is 117 cm³/mol. The van der Waals surface area contributed by atoms with Crippen LogP contribution in [0.25, 0.3) is 11.2 Å². The normalized spacial score (nSPS) is 16.2. The summed E-state index contributed by atoms with van der Waals surface area (Å²) in [5.41, 5.74) is -1.10. The lowest BCUT2D eigenvalue weighted by Crippen LogP contribution is -2.42. The number of aliphatic hydroxyl groups excluding tert-OH is 1. The van der Waals surface area contributed by atoms with Gasteiger partial charge in [0.05, 0.1) is 18.1 Å². The van der Waals surface area contributed by atoms with E-state index in [4.69, 9.17) is 9.72 Å². The highest BCUT2D eigenvalue weighted by atomic mass is 16.5. The molecule has 2 heterocycles. The van der Waals surface area contributed by atoms with Gasteiger partial charge in [0, 0.05) is 12.5 Å². The molecule has 0 radical (unpaired) electrons. The molecule has 31 heavy (non-hydrogen) atoms. The zero-order valence-corrected chi connectivity index (χ0v) is 19.2. The first-order valence-corrected chi connectivity index (χ1v) is 11.1. The van der Waals surface area contributed by atoms with Crippen LogP contribution in [0.3, 0.4) is 0 Å². The van der Waals surface area contributed by atoms with Crippen LogP contribution >= 0.6 is 0 Å². The molecule has 0 spiro atoms. The fraction of sp³-hybridized carbons (Fsp3) is 0.727. The Labute approximate surface area is 181 Å². The van der Waals surface area contributed by atoms with Crippen molar-refractivity contribution in [3.8, 4) is 0 Å². The maximum atomic E-state index is 13.4. The molecule has 2 aromatic heterocycles. The van der Waals surface area contributed by atoms with Gasteiger partial charge >= 0.3 is 11.7 Å². The maximum absolute atomic E-state index is 13.4. The quantitative estimate of drug-likeness (QED) is 0.670. The molecule has 1 fully saturated rings. The standard InChI is InChI=1S/C22H34N4O5/c1-6-11-24-19(28)16-18(25(21(24)30)12-14(2)27)23-17(15-9-7-8-10-15)26(16)13-31-20(29)22(3,4)5/h14-15,27H,6-13H2,1-5H3. The topological polar surface area (TPSA) is 108 Å². The van der Waals surface area contributed by atoms with E-state index in [-0.39, 0.29) is 42.9 Å². The van der Waals surface area contributed by atoms with Gasteiger partial charge in [0.1, 0.15) is 5.82 Å². The number of aromatic nitrogens is 4. The summed E-state index contributed by atoms with van der Waals surface area (Å²) in [4.78, 5) is 43.5. The summed E-state index contributed by atoms with van der Waals surface area (Å²) < 4.78 is 9.79. The van der Waals surface area contributed by atoms with Gasteiger partial charge in [-0.05, 0) is 47.0 Å². The molecule has 1 aliphatic rings. The van der Waals surface area contributed by atoms with Crippen LogP contribution in [0.5, 0.6) is 0 Å². The molecule has 172 valence electrons. The summed E-state index contributed by atoms with van der Waals surface area (Å²) >= 11 is 0. The van der Waals surface area contributed by atoms with Gasteiger partial charge in [0.15, 0.2) is 17.9 Å². The highest BCUT2D eigenvalue weighted by Crippen LogP contribution is 2.34. The van der Waals surface area contributed by atoms with Crippen LogP contribution < -0.4 is 11.2 Å². The SMILES string of the molecule is CCCn1c(=O)c2c(nc(C3CCCC3)n2COC(=O)C(C)(C)C)n(CC(C)O)c1=O. The smallest absolute Gasteiger partial charge is 0.332 e. The number of fused-ring (bicyclic) bond motifs is 1. The molecule has 1 atom stereocenters. The first kappa shape index (κ1) is 23.2. The van der Waals surface area contributed by atoms with E-state index in [0.717, 1.165) is 25.7 Å². The van der Waals surface area contributed by atoms with Gasteiger partial charge in [0.2, 0.25) is 0 Å². The van der Waals surface area contributed by atoms with Crippen LogP contribution in [0, 0.1) is 5.41 Å². The van der Waals surface area contributed by atoms with E-state index in [9.17, 15) is 19.5 Å². The van der Waals surface area contributed by atoms with E-state index in [0.29, 0.717) is 12.2 Å². The second-order valence-electron chi connectivity index (χ2n) is 9.56. The van der Waals surface area contributed by atoms with Gasteiger partial charge in [-0.15, -0.1) is 0 Å². The molecule has 0 saturated heterocycles. The van der Waals surface area contributed by atoms with Crippen molar-refractivity contribution < 1.29 is 14.6 Å². The van der Waals surface area contributed by atoms with Crippen LogP contribution in [0.2, 0.25) is 0 Å². The molecule has 2 aromatic rings. The number of nitrogens with zero attached hydrogens (tertiary/aromatic N) is 4. The van der Waals surface area contributed by atoms with Gasteiger partial charge < -0.3 is 9.84 Å². The molecule has 0 amide bonds. The van der Waals surface area contributed by atoms with Crippen molar-refractivity contribution in [1.29, 1.82) is 0 Å². The summed E-state index contributed by atoms with van der Waals surface area (Å²) in [5.74, 6) is 0.423. The van der Waals surface area contributed by atoms with Gasteiger partial charge in [0.25, 0.3) is 5.56 Å². The Bertz CT molecular complexity index is 1060. The minimum Gasteiger partial charge on any atom is -0.443 e. The highest BCUT2D eigenvalue weighted by molar-refractivity contribution is 5.75. The van der Waals surface area contributed by atoms with Crippen LogP contribution in [0.4, 0.5) is 0 Å². The number of ether oxygens (including phenoxy) is 1. The van der Waals surface area contributed by atoms with E-state index in [2.05, 4.69) is 0 Å². The van der Waals surface area contributed by atoms with E-state index in [1.54, 1.807) is 32.3 Å². The van der Waals surface area contributed by atoms with Crippen molar-refractivity contribution in [2.75, 3.05) is 0 Å². The largest absolute Gasteiger partial charge is 0.443 e. The van der Waals surface area contributed by atoms with Gasteiger partial charge in [-0.3, -0.25) is 23.3 Å². The molecule has 0 bridgehead atoms. The number of imidazole rings is 1.